The second kappa shape index (κ2) is 6.32. The van der Waals surface area contributed by atoms with Gasteiger partial charge in [0.15, 0.2) is 6.10 Å². The average Bonchev–Trinajstić information content (AvgIpc) is 2.83. The zero-order valence-electron chi connectivity index (χ0n) is 10.4. The van der Waals surface area contributed by atoms with Gasteiger partial charge in [0.1, 0.15) is 0 Å². The van der Waals surface area contributed by atoms with Crippen molar-refractivity contribution >= 4 is 33.2 Å². The van der Waals surface area contributed by atoms with Crippen LogP contribution in [0.15, 0.2) is 46.3 Å². The van der Waals surface area contributed by atoms with Crippen LogP contribution in [-0.4, -0.2) is 23.0 Å². The lowest BCUT2D eigenvalue weighted by atomic mass is 10.1. The van der Waals surface area contributed by atoms with Crippen molar-refractivity contribution in [2.24, 2.45) is 0 Å². The first-order chi connectivity index (χ1) is 9.08. The number of hydrogen-bond acceptors (Lipinski definition) is 3. The van der Waals surface area contributed by atoms with Crippen molar-refractivity contribution in [2.45, 2.75) is 12.6 Å². The minimum atomic E-state index is -1.10. The minimum Gasteiger partial charge on any atom is -0.378 e. The Balaban J connectivity index is 2.03. The average molecular weight is 340 g/mol. The number of carbonyl (C=O) groups excluding carboxylic acids is 1. The summed E-state index contributed by atoms with van der Waals surface area (Å²) in [6, 6.07) is 10.9. The third kappa shape index (κ3) is 3.65. The molecule has 0 saturated carbocycles. The normalized spacial score (nSPS) is 12.2. The van der Waals surface area contributed by atoms with Gasteiger partial charge in [-0.3, -0.25) is 4.79 Å². The van der Waals surface area contributed by atoms with E-state index in [1.165, 1.54) is 4.90 Å². The quantitative estimate of drug-likeness (QED) is 0.929. The molecule has 5 heteroatoms. The smallest absolute Gasteiger partial charge is 0.256 e. The van der Waals surface area contributed by atoms with Crippen molar-refractivity contribution in [3.05, 3.63) is 56.7 Å². The second-order valence-corrected chi connectivity index (χ2v) is 6.15. The molecule has 1 atom stereocenters. The molecule has 0 saturated heterocycles. The number of halogens is 1. The number of aliphatic hydroxyl groups is 1. The SMILES string of the molecule is CN(Cc1cc(Br)cs1)C(=O)C(O)c1ccccc1. The van der Waals surface area contributed by atoms with Crippen LogP contribution in [0.3, 0.4) is 0 Å². The number of amides is 1. The number of benzene rings is 1. The summed E-state index contributed by atoms with van der Waals surface area (Å²) in [6.07, 6.45) is -1.10. The first kappa shape index (κ1) is 14.2. The second-order valence-electron chi connectivity index (χ2n) is 4.24. The molecule has 2 rings (SSSR count). The van der Waals surface area contributed by atoms with Gasteiger partial charge in [0.2, 0.25) is 0 Å². The van der Waals surface area contributed by atoms with Crippen LogP contribution in [0.5, 0.6) is 0 Å². The zero-order valence-corrected chi connectivity index (χ0v) is 12.8. The highest BCUT2D eigenvalue weighted by molar-refractivity contribution is 9.10. The Kier molecular flexibility index (Phi) is 4.74. The summed E-state index contributed by atoms with van der Waals surface area (Å²) >= 11 is 4.96. The number of thiophene rings is 1. The monoisotopic (exact) mass is 339 g/mol. The van der Waals surface area contributed by atoms with E-state index in [0.717, 1.165) is 9.35 Å². The van der Waals surface area contributed by atoms with Crippen LogP contribution in [0.4, 0.5) is 0 Å². The highest BCUT2D eigenvalue weighted by atomic mass is 79.9. The molecule has 0 radical (unpaired) electrons. The van der Waals surface area contributed by atoms with Gasteiger partial charge in [-0.2, -0.15) is 0 Å². The van der Waals surface area contributed by atoms with Gasteiger partial charge in [0.25, 0.3) is 5.91 Å². The van der Waals surface area contributed by atoms with Crippen LogP contribution >= 0.6 is 27.3 Å². The van der Waals surface area contributed by atoms with E-state index in [2.05, 4.69) is 15.9 Å². The Labute approximate surface area is 124 Å². The molecule has 0 fully saturated rings. The van der Waals surface area contributed by atoms with Crippen molar-refractivity contribution in [3.8, 4) is 0 Å². The van der Waals surface area contributed by atoms with Crippen molar-refractivity contribution < 1.29 is 9.90 Å². The number of rotatable bonds is 4. The van der Waals surface area contributed by atoms with E-state index in [1.807, 2.05) is 29.6 Å². The first-order valence-electron chi connectivity index (χ1n) is 5.79. The van der Waals surface area contributed by atoms with Crippen molar-refractivity contribution in [3.63, 3.8) is 0 Å². The third-order valence-corrected chi connectivity index (χ3v) is 4.42. The molecule has 0 aliphatic heterocycles. The topological polar surface area (TPSA) is 40.5 Å². The van der Waals surface area contributed by atoms with E-state index in [9.17, 15) is 9.90 Å². The van der Waals surface area contributed by atoms with Gasteiger partial charge in [-0.05, 0) is 27.6 Å². The number of aliphatic hydroxyl groups excluding tert-OH is 1. The highest BCUT2D eigenvalue weighted by Crippen LogP contribution is 2.22. The lowest BCUT2D eigenvalue weighted by molar-refractivity contribution is -0.139. The number of nitrogens with zero attached hydrogens (tertiary/aromatic N) is 1. The predicted octanol–water partition coefficient (Wildman–Crippen LogP) is 3.20. The molecule has 0 aliphatic carbocycles. The van der Waals surface area contributed by atoms with Crippen molar-refractivity contribution in [2.75, 3.05) is 7.05 Å². The van der Waals surface area contributed by atoms with Crippen LogP contribution in [0.2, 0.25) is 0 Å². The summed E-state index contributed by atoms with van der Waals surface area (Å²) in [4.78, 5) is 14.7. The number of likely N-dealkylation sites (N-methyl/N-ethyl adjacent to an activating group) is 1. The van der Waals surface area contributed by atoms with E-state index in [0.29, 0.717) is 12.1 Å². The lowest BCUT2D eigenvalue weighted by Crippen LogP contribution is -2.31. The lowest BCUT2D eigenvalue weighted by Gasteiger charge is -2.20. The van der Waals surface area contributed by atoms with Gasteiger partial charge in [-0.15, -0.1) is 11.3 Å². The maximum Gasteiger partial charge on any atom is 0.256 e. The summed E-state index contributed by atoms with van der Waals surface area (Å²) in [5.74, 6) is -0.296. The maximum atomic E-state index is 12.1. The molecule has 19 heavy (non-hydrogen) atoms. The van der Waals surface area contributed by atoms with Crippen molar-refractivity contribution in [1.82, 2.24) is 4.90 Å². The molecule has 100 valence electrons. The fraction of sp³-hybridized carbons (Fsp3) is 0.214. The summed E-state index contributed by atoms with van der Waals surface area (Å²) in [5, 5.41) is 12.0. The fourth-order valence-corrected chi connectivity index (χ4v) is 3.24. The number of hydrogen-bond donors (Lipinski definition) is 1. The van der Waals surface area contributed by atoms with Gasteiger partial charge in [0.05, 0.1) is 6.54 Å². The van der Waals surface area contributed by atoms with Crippen LogP contribution in [0.1, 0.15) is 16.5 Å². The Bertz CT molecular complexity index is 556. The molecule has 1 amide bonds. The molecule has 1 unspecified atom stereocenters. The van der Waals surface area contributed by atoms with Crippen LogP contribution in [-0.2, 0) is 11.3 Å². The Morgan fingerprint density at radius 3 is 2.68 bits per heavy atom. The Morgan fingerprint density at radius 2 is 2.11 bits per heavy atom. The van der Waals surface area contributed by atoms with Gasteiger partial charge in [-0.1, -0.05) is 30.3 Å². The molecule has 1 aromatic heterocycles. The molecule has 0 aliphatic rings. The minimum absolute atomic E-state index is 0.296. The maximum absolute atomic E-state index is 12.1. The largest absolute Gasteiger partial charge is 0.378 e. The molecule has 0 bridgehead atoms. The van der Waals surface area contributed by atoms with Gasteiger partial charge in [-0.25, -0.2) is 0 Å². The summed E-state index contributed by atoms with van der Waals surface area (Å²) in [7, 11) is 1.70. The summed E-state index contributed by atoms with van der Waals surface area (Å²) in [5.41, 5.74) is 0.617. The van der Waals surface area contributed by atoms with E-state index in [-0.39, 0.29) is 5.91 Å². The zero-order chi connectivity index (χ0) is 13.8. The summed E-state index contributed by atoms with van der Waals surface area (Å²) in [6.45, 7) is 0.499. The molecule has 3 nitrogen and oxygen atoms in total. The standard InChI is InChI=1S/C14H14BrNO2S/c1-16(8-12-7-11(15)9-19-12)14(18)13(17)10-5-3-2-4-6-10/h2-7,9,13,17H,8H2,1H3. The predicted molar refractivity (Wildman–Crippen MR) is 79.9 cm³/mol. The fourth-order valence-electron chi connectivity index (χ4n) is 1.74. The van der Waals surface area contributed by atoms with Crippen LogP contribution < -0.4 is 0 Å². The Morgan fingerprint density at radius 1 is 1.42 bits per heavy atom. The van der Waals surface area contributed by atoms with Crippen LogP contribution in [0.25, 0.3) is 0 Å². The van der Waals surface area contributed by atoms with E-state index in [1.54, 1.807) is 30.5 Å². The first-order valence-corrected chi connectivity index (χ1v) is 7.46. The highest BCUT2D eigenvalue weighted by Gasteiger charge is 2.21. The summed E-state index contributed by atoms with van der Waals surface area (Å²) < 4.78 is 1.01. The molecule has 1 aromatic carbocycles. The molecular formula is C14H14BrNO2S. The molecule has 2 aromatic rings. The third-order valence-electron chi connectivity index (χ3n) is 2.74. The van der Waals surface area contributed by atoms with E-state index in [4.69, 9.17) is 0 Å². The van der Waals surface area contributed by atoms with E-state index < -0.39 is 6.10 Å². The molecule has 1 N–H and O–H groups in total. The Hall–Kier alpha value is -1.17. The van der Waals surface area contributed by atoms with Gasteiger partial charge < -0.3 is 10.0 Å². The molecule has 0 spiro atoms. The van der Waals surface area contributed by atoms with Crippen LogP contribution in [0, 0.1) is 0 Å². The van der Waals surface area contributed by atoms with Gasteiger partial charge >= 0.3 is 0 Å². The molecule has 1 heterocycles. The number of carbonyl (C=O) groups is 1. The van der Waals surface area contributed by atoms with Crippen molar-refractivity contribution in [1.29, 1.82) is 0 Å². The van der Waals surface area contributed by atoms with Gasteiger partial charge in [0, 0.05) is 21.8 Å². The van der Waals surface area contributed by atoms with E-state index >= 15 is 0 Å². The molecular weight excluding hydrogens is 326 g/mol.